The van der Waals surface area contributed by atoms with Crippen LogP contribution in [0.4, 0.5) is 0 Å². The van der Waals surface area contributed by atoms with Crippen LogP contribution in [-0.4, -0.2) is 32.3 Å². The molecule has 1 atom stereocenters. The van der Waals surface area contributed by atoms with Crippen LogP contribution in [0.3, 0.4) is 0 Å². The van der Waals surface area contributed by atoms with Crippen LogP contribution in [0.2, 0.25) is 0 Å². The van der Waals surface area contributed by atoms with Gasteiger partial charge >= 0.3 is 0 Å². The van der Waals surface area contributed by atoms with Gasteiger partial charge in [0.25, 0.3) is 5.91 Å². The molecule has 2 aromatic carbocycles. The number of methoxy groups -OCH3 is 1. The summed E-state index contributed by atoms with van der Waals surface area (Å²) >= 11 is 0. The van der Waals surface area contributed by atoms with Crippen LogP contribution in [0.1, 0.15) is 30.9 Å². The molecule has 0 radical (unpaired) electrons. The molecule has 5 nitrogen and oxygen atoms in total. The summed E-state index contributed by atoms with van der Waals surface area (Å²) in [7, 11) is 1.62. The second kappa shape index (κ2) is 9.31. The molecule has 1 aliphatic carbocycles. The summed E-state index contributed by atoms with van der Waals surface area (Å²) in [6.07, 6.45) is 4.16. The zero-order chi connectivity index (χ0) is 19.1. The molecular weight excluding hydrogens is 342 g/mol. The first-order valence-electron chi connectivity index (χ1n) is 9.49. The molecule has 144 valence electrons. The van der Waals surface area contributed by atoms with Crippen molar-refractivity contribution >= 4 is 5.91 Å². The van der Waals surface area contributed by atoms with Gasteiger partial charge in [0.15, 0.2) is 6.10 Å². The predicted molar refractivity (Wildman–Crippen MR) is 105 cm³/mol. The highest BCUT2D eigenvalue weighted by Crippen LogP contribution is 2.25. The van der Waals surface area contributed by atoms with Gasteiger partial charge < -0.3 is 19.5 Å². The Labute approximate surface area is 160 Å². The maximum absolute atomic E-state index is 12.2. The molecule has 0 heterocycles. The van der Waals surface area contributed by atoms with E-state index in [1.54, 1.807) is 14.0 Å². The largest absolute Gasteiger partial charge is 0.497 e. The Morgan fingerprint density at radius 3 is 2.41 bits per heavy atom. The maximum atomic E-state index is 12.2. The van der Waals surface area contributed by atoms with Crippen molar-refractivity contribution in [1.29, 1.82) is 0 Å². The number of amides is 1. The van der Waals surface area contributed by atoms with E-state index in [9.17, 15) is 4.79 Å². The van der Waals surface area contributed by atoms with Crippen LogP contribution < -0.4 is 19.5 Å². The van der Waals surface area contributed by atoms with Crippen LogP contribution in [0, 0.1) is 0 Å². The highest BCUT2D eigenvalue weighted by molar-refractivity contribution is 5.80. The van der Waals surface area contributed by atoms with Gasteiger partial charge in [-0.3, -0.25) is 4.79 Å². The lowest BCUT2D eigenvalue weighted by Gasteiger charge is -2.19. The highest BCUT2D eigenvalue weighted by atomic mass is 16.5. The molecule has 27 heavy (non-hydrogen) atoms. The maximum Gasteiger partial charge on any atom is 0.260 e. The van der Waals surface area contributed by atoms with Crippen molar-refractivity contribution in [1.82, 2.24) is 5.32 Å². The van der Waals surface area contributed by atoms with Crippen molar-refractivity contribution < 1.29 is 19.0 Å². The minimum Gasteiger partial charge on any atom is -0.497 e. The molecule has 5 heteroatoms. The van der Waals surface area contributed by atoms with Gasteiger partial charge in [0.2, 0.25) is 0 Å². The van der Waals surface area contributed by atoms with E-state index in [0.717, 1.165) is 30.1 Å². The molecule has 3 rings (SSSR count). The summed E-state index contributed by atoms with van der Waals surface area (Å²) in [5, 5.41) is 2.84. The van der Waals surface area contributed by atoms with Crippen molar-refractivity contribution in [2.45, 2.75) is 38.7 Å². The normalized spacial score (nSPS) is 14.0. The SMILES string of the molecule is COc1ccc(OCCNC(=O)[C@H](C)Oc2ccc3c(c2)CCCC3)cc1. The Balaban J connectivity index is 1.41. The second-order valence-electron chi connectivity index (χ2n) is 6.71. The molecule has 0 spiro atoms. The lowest BCUT2D eigenvalue weighted by atomic mass is 9.92. The van der Waals surface area contributed by atoms with Crippen molar-refractivity contribution in [3.8, 4) is 17.2 Å². The summed E-state index contributed by atoms with van der Waals surface area (Å²) in [5.41, 5.74) is 2.75. The Bertz CT molecular complexity index is 757. The lowest BCUT2D eigenvalue weighted by Crippen LogP contribution is -2.38. The monoisotopic (exact) mass is 369 g/mol. The predicted octanol–water partition coefficient (Wildman–Crippen LogP) is 3.54. The van der Waals surface area contributed by atoms with Gasteiger partial charge in [-0.15, -0.1) is 0 Å². The number of aryl methyl sites for hydroxylation is 2. The number of nitrogens with one attached hydrogen (secondary N) is 1. The summed E-state index contributed by atoms with van der Waals surface area (Å²) in [6, 6.07) is 13.5. The Hall–Kier alpha value is -2.69. The van der Waals surface area contributed by atoms with Crippen LogP contribution in [0.25, 0.3) is 0 Å². The number of rotatable bonds is 8. The molecule has 0 saturated heterocycles. The molecule has 0 fully saturated rings. The average Bonchev–Trinajstić information content (AvgIpc) is 2.71. The lowest BCUT2D eigenvalue weighted by molar-refractivity contribution is -0.127. The summed E-state index contributed by atoms with van der Waals surface area (Å²) < 4.78 is 16.5. The third-order valence-electron chi connectivity index (χ3n) is 4.73. The van der Waals surface area contributed by atoms with E-state index in [2.05, 4.69) is 17.4 Å². The molecule has 0 saturated carbocycles. The number of hydrogen-bond donors (Lipinski definition) is 1. The molecule has 1 aliphatic rings. The minimum atomic E-state index is -0.548. The summed E-state index contributed by atoms with van der Waals surface area (Å²) in [5.74, 6) is 2.13. The zero-order valence-electron chi connectivity index (χ0n) is 16.0. The first kappa shape index (κ1) is 19.1. The van der Waals surface area contributed by atoms with Gasteiger partial charge in [-0.1, -0.05) is 6.07 Å². The molecule has 0 aromatic heterocycles. The average molecular weight is 369 g/mol. The van der Waals surface area contributed by atoms with Gasteiger partial charge in [-0.25, -0.2) is 0 Å². The van der Waals surface area contributed by atoms with E-state index in [0.29, 0.717) is 13.2 Å². The van der Waals surface area contributed by atoms with Crippen molar-refractivity contribution in [2.24, 2.45) is 0 Å². The summed E-state index contributed by atoms with van der Waals surface area (Å²) in [4.78, 5) is 12.2. The molecule has 0 bridgehead atoms. The Morgan fingerprint density at radius 1 is 1.00 bits per heavy atom. The second-order valence-corrected chi connectivity index (χ2v) is 6.71. The standard InChI is InChI=1S/C22H27NO4/c1-16(27-21-8-7-17-5-3-4-6-18(17)15-21)22(24)23-13-14-26-20-11-9-19(25-2)10-12-20/h7-12,15-16H,3-6,13-14H2,1-2H3,(H,23,24)/t16-/m0/s1. The molecule has 0 aliphatic heterocycles. The number of benzene rings is 2. The van der Waals surface area contributed by atoms with E-state index in [1.165, 1.54) is 24.0 Å². The van der Waals surface area contributed by atoms with E-state index < -0.39 is 6.10 Å². The third kappa shape index (κ3) is 5.39. The van der Waals surface area contributed by atoms with Crippen molar-refractivity contribution in [3.05, 3.63) is 53.6 Å². The van der Waals surface area contributed by atoms with Gasteiger partial charge in [-0.05, 0) is 80.1 Å². The molecular formula is C22H27NO4. The number of hydrogen-bond acceptors (Lipinski definition) is 4. The quantitative estimate of drug-likeness (QED) is 0.723. The van der Waals surface area contributed by atoms with Crippen LogP contribution in [0.15, 0.2) is 42.5 Å². The smallest absolute Gasteiger partial charge is 0.260 e. The van der Waals surface area contributed by atoms with Gasteiger partial charge in [0.1, 0.15) is 23.9 Å². The summed E-state index contributed by atoms with van der Waals surface area (Å²) in [6.45, 7) is 2.57. The van der Waals surface area contributed by atoms with Crippen molar-refractivity contribution in [2.75, 3.05) is 20.3 Å². The number of fused-ring (bicyclic) bond motifs is 1. The van der Waals surface area contributed by atoms with E-state index in [-0.39, 0.29) is 5.91 Å². The van der Waals surface area contributed by atoms with E-state index in [1.807, 2.05) is 30.3 Å². The molecule has 1 N–H and O–H groups in total. The fourth-order valence-electron chi connectivity index (χ4n) is 3.20. The first-order chi connectivity index (χ1) is 13.2. The number of ether oxygens (including phenoxy) is 3. The molecule has 0 unspecified atom stereocenters. The topological polar surface area (TPSA) is 56.8 Å². The van der Waals surface area contributed by atoms with Crippen LogP contribution >= 0.6 is 0 Å². The molecule has 2 aromatic rings. The van der Waals surface area contributed by atoms with E-state index in [4.69, 9.17) is 14.2 Å². The number of carbonyl (C=O) groups is 1. The number of carbonyl (C=O) groups excluding carboxylic acids is 1. The van der Waals surface area contributed by atoms with Crippen LogP contribution in [-0.2, 0) is 17.6 Å². The molecule has 1 amide bonds. The van der Waals surface area contributed by atoms with Gasteiger partial charge in [0, 0.05) is 0 Å². The Morgan fingerprint density at radius 2 is 1.67 bits per heavy atom. The fraction of sp³-hybridized carbons (Fsp3) is 0.409. The van der Waals surface area contributed by atoms with Gasteiger partial charge in [0.05, 0.1) is 13.7 Å². The van der Waals surface area contributed by atoms with Crippen molar-refractivity contribution in [3.63, 3.8) is 0 Å². The Kier molecular flexibility index (Phi) is 6.58. The van der Waals surface area contributed by atoms with Gasteiger partial charge in [-0.2, -0.15) is 0 Å². The first-order valence-corrected chi connectivity index (χ1v) is 9.49. The highest BCUT2D eigenvalue weighted by Gasteiger charge is 2.16. The zero-order valence-corrected chi connectivity index (χ0v) is 16.0. The van der Waals surface area contributed by atoms with Crippen LogP contribution in [0.5, 0.6) is 17.2 Å². The fourth-order valence-corrected chi connectivity index (χ4v) is 3.20. The third-order valence-corrected chi connectivity index (χ3v) is 4.73. The minimum absolute atomic E-state index is 0.147. The van der Waals surface area contributed by atoms with E-state index >= 15 is 0 Å².